The van der Waals surface area contributed by atoms with Gasteiger partial charge in [-0.3, -0.25) is 9.78 Å². The molecule has 0 spiro atoms. The summed E-state index contributed by atoms with van der Waals surface area (Å²) in [6, 6.07) is 9.48. The van der Waals surface area contributed by atoms with E-state index in [1.54, 1.807) is 18.5 Å². The Morgan fingerprint density at radius 1 is 1.15 bits per heavy atom. The summed E-state index contributed by atoms with van der Waals surface area (Å²) in [5.74, 6) is 1.52. The van der Waals surface area contributed by atoms with Crippen LogP contribution in [0, 0.1) is 0 Å². The first-order valence-corrected chi connectivity index (χ1v) is 9.10. The van der Waals surface area contributed by atoms with Gasteiger partial charge in [0.2, 0.25) is 6.79 Å². The molecule has 1 amide bonds. The molecule has 0 saturated carbocycles. The topological polar surface area (TPSA) is 54.9 Å². The van der Waals surface area contributed by atoms with Crippen LogP contribution in [0.2, 0.25) is 0 Å². The number of likely N-dealkylation sites (tertiary alicyclic amines) is 1. The van der Waals surface area contributed by atoms with Gasteiger partial charge in [-0.25, -0.2) is 0 Å². The second-order valence-corrected chi connectivity index (χ2v) is 6.70. The number of carbonyl (C=O) groups is 1. The van der Waals surface area contributed by atoms with Crippen LogP contribution in [0.3, 0.4) is 0 Å². The van der Waals surface area contributed by atoms with Crippen LogP contribution in [0.5, 0.6) is 11.5 Å². The third-order valence-corrected chi connectivity index (χ3v) is 4.89. The van der Waals surface area contributed by atoms with Crippen LogP contribution in [-0.4, -0.2) is 53.7 Å². The van der Waals surface area contributed by atoms with Gasteiger partial charge in [-0.1, -0.05) is 6.07 Å². The molecule has 0 N–H and O–H groups in total. The Bertz CT molecular complexity index is 760. The molecule has 2 aliphatic heterocycles. The number of pyridine rings is 1. The Kier molecular flexibility index (Phi) is 5.02. The second kappa shape index (κ2) is 7.74. The molecule has 2 aliphatic rings. The predicted molar refractivity (Wildman–Crippen MR) is 97.2 cm³/mol. The van der Waals surface area contributed by atoms with Gasteiger partial charge >= 0.3 is 0 Å². The molecule has 0 atom stereocenters. The number of hydrogen-bond acceptors (Lipinski definition) is 5. The van der Waals surface area contributed by atoms with Crippen LogP contribution in [-0.2, 0) is 6.54 Å². The van der Waals surface area contributed by atoms with E-state index in [0.29, 0.717) is 18.7 Å². The molecule has 6 heteroatoms. The lowest BCUT2D eigenvalue weighted by atomic mass is 10.1. The summed E-state index contributed by atoms with van der Waals surface area (Å²) in [7, 11) is 0. The Morgan fingerprint density at radius 3 is 2.81 bits per heavy atom. The molecule has 1 saturated heterocycles. The molecule has 0 bridgehead atoms. The molecular formula is C20H23N3O3. The lowest BCUT2D eigenvalue weighted by molar-refractivity contribution is 0.0726. The zero-order valence-electron chi connectivity index (χ0n) is 14.8. The highest BCUT2D eigenvalue weighted by Gasteiger charge is 2.20. The summed E-state index contributed by atoms with van der Waals surface area (Å²) in [5, 5.41) is 0. The van der Waals surface area contributed by atoms with Gasteiger partial charge in [0.25, 0.3) is 5.91 Å². The van der Waals surface area contributed by atoms with Crippen LogP contribution in [0.25, 0.3) is 0 Å². The highest BCUT2D eigenvalue weighted by molar-refractivity contribution is 5.93. The lowest BCUT2D eigenvalue weighted by Gasteiger charge is -2.25. The maximum atomic E-state index is 13.0. The minimum atomic E-state index is 0.00923. The highest BCUT2D eigenvalue weighted by Crippen LogP contribution is 2.32. The maximum absolute atomic E-state index is 13.0. The number of aromatic nitrogens is 1. The van der Waals surface area contributed by atoms with E-state index in [1.807, 2.05) is 29.2 Å². The first-order valence-electron chi connectivity index (χ1n) is 9.10. The van der Waals surface area contributed by atoms with E-state index >= 15 is 0 Å². The SMILES string of the molecule is O=C(c1cccnc1)N(CCN1CCCC1)Cc1ccc2c(c1)OCO2. The van der Waals surface area contributed by atoms with E-state index in [-0.39, 0.29) is 12.7 Å². The van der Waals surface area contributed by atoms with Gasteiger partial charge in [0.05, 0.1) is 5.56 Å². The molecule has 1 aromatic carbocycles. The normalized spacial score (nSPS) is 16.0. The van der Waals surface area contributed by atoms with Crippen molar-refractivity contribution >= 4 is 5.91 Å². The smallest absolute Gasteiger partial charge is 0.255 e. The van der Waals surface area contributed by atoms with Crippen molar-refractivity contribution in [3.63, 3.8) is 0 Å². The van der Waals surface area contributed by atoms with Gasteiger partial charge < -0.3 is 19.3 Å². The fourth-order valence-electron chi connectivity index (χ4n) is 3.45. The van der Waals surface area contributed by atoms with Gasteiger partial charge in [-0.2, -0.15) is 0 Å². The molecule has 0 radical (unpaired) electrons. The number of rotatable bonds is 6. The van der Waals surface area contributed by atoms with Gasteiger partial charge in [0.15, 0.2) is 11.5 Å². The minimum absolute atomic E-state index is 0.00923. The summed E-state index contributed by atoms with van der Waals surface area (Å²) < 4.78 is 10.8. The Morgan fingerprint density at radius 2 is 2.00 bits per heavy atom. The molecule has 26 heavy (non-hydrogen) atoms. The maximum Gasteiger partial charge on any atom is 0.255 e. The monoisotopic (exact) mass is 353 g/mol. The number of benzene rings is 1. The Labute approximate surface area is 153 Å². The van der Waals surface area contributed by atoms with E-state index in [2.05, 4.69) is 9.88 Å². The fraction of sp³-hybridized carbons (Fsp3) is 0.400. The summed E-state index contributed by atoms with van der Waals surface area (Å²) in [4.78, 5) is 21.4. The fourth-order valence-corrected chi connectivity index (χ4v) is 3.45. The lowest BCUT2D eigenvalue weighted by Crippen LogP contribution is -2.37. The zero-order valence-corrected chi connectivity index (χ0v) is 14.8. The number of fused-ring (bicyclic) bond motifs is 1. The molecule has 1 aromatic heterocycles. The standard InChI is InChI=1S/C20H23N3O3/c24-20(17-4-3-7-21-13-17)23(11-10-22-8-1-2-9-22)14-16-5-6-18-19(12-16)26-15-25-18/h3-7,12-13H,1-2,8-11,14-15H2. The first-order chi connectivity index (χ1) is 12.8. The molecule has 6 nitrogen and oxygen atoms in total. The average Bonchev–Trinajstić information content (AvgIpc) is 3.36. The molecule has 3 heterocycles. The number of carbonyl (C=O) groups excluding carboxylic acids is 1. The zero-order chi connectivity index (χ0) is 17.8. The summed E-state index contributed by atoms with van der Waals surface area (Å²) in [6.45, 7) is 4.64. The number of ether oxygens (including phenoxy) is 2. The van der Waals surface area contributed by atoms with E-state index in [1.165, 1.54) is 12.8 Å². The van der Waals surface area contributed by atoms with Gasteiger partial charge in [-0.15, -0.1) is 0 Å². The third-order valence-electron chi connectivity index (χ3n) is 4.89. The molecule has 4 rings (SSSR count). The van der Waals surface area contributed by atoms with Crippen molar-refractivity contribution in [3.05, 3.63) is 53.9 Å². The van der Waals surface area contributed by atoms with Crippen molar-refractivity contribution in [2.75, 3.05) is 33.0 Å². The number of nitrogens with zero attached hydrogens (tertiary/aromatic N) is 3. The summed E-state index contributed by atoms with van der Waals surface area (Å²) in [6.07, 6.45) is 5.81. The summed E-state index contributed by atoms with van der Waals surface area (Å²) >= 11 is 0. The van der Waals surface area contributed by atoms with Gasteiger partial charge in [-0.05, 0) is 55.8 Å². The average molecular weight is 353 g/mol. The number of hydrogen-bond donors (Lipinski definition) is 0. The van der Waals surface area contributed by atoms with Crippen molar-refractivity contribution in [3.8, 4) is 11.5 Å². The Hall–Kier alpha value is -2.60. The van der Waals surface area contributed by atoms with Crippen molar-refractivity contribution in [2.24, 2.45) is 0 Å². The molecule has 0 aliphatic carbocycles. The van der Waals surface area contributed by atoms with E-state index in [4.69, 9.17) is 9.47 Å². The minimum Gasteiger partial charge on any atom is -0.454 e. The molecule has 2 aromatic rings. The van der Waals surface area contributed by atoms with Crippen LogP contribution in [0.15, 0.2) is 42.7 Å². The van der Waals surface area contributed by atoms with Crippen molar-refractivity contribution in [2.45, 2.75) is 19.4 Å². The van der Waals surface area contributed by atoms with Crippen LogP contribution >= 0.6 is 0 Å². The molecule has 136 valence electrons. The molecular weight excluding hydrogens is 330 g/mol. The molecule has 1 fully saturated rings. The van der Waals surface area contributed by atoms with Crippen LogP contribution in [0.1, 0.15) is 28.8 Å². The highest BCUT2D eigenvalue weighted by atomic mass is 16.7. The van der Waals surface area contributed by atoms with E-state index < -0.39 is 0 Å². The first kappa shape index (κ1) is 16.8. The van der Waals surface area contributed by atoms with Gasteiger partial charge in [0.1, 0.15) is 0 Å². The Balaban J connectivity index is 1.50. The van der Waals surface area contributed by atoms with Crippen LogP contribution in [0.4, 0.5) is 0 Å². The predicted octanol–water partition coefficient (Wildman–Crippen LogP) is 2.55. The van der Waals surface area contributed by atoms with Crippen molar-refractivity contribution < 1.29 is 14.3 Å². The van der Waals surface area contributed by atoms with Gasteiger partial charge in [0, 0.05) is 32.0 Å². The van der Waals surface area contributed by atoms with Crippen molar-refractivity contribution in [1.29, 1.82) is 0 Å². The quantitative estimate of drug-likeness (QED) is 0.799. The summed E-state index contributed by atoms with van der Waals surface area (Å²) in [5.41, 5.74) is 1.66. The van der Waals surface area contributed by atoms with Crippen LogP contribution < -0.4 is 9.47 Å². The second-order valence-electron chi connectivity index (χ2n) is 6.70. The molecule has 0 unspecified atom stereocenters. The largest absolute Gasteiger partial charge is 0.454 e. The van der Waals surface area contributed by atoms with E-state index in [9.17, 15) is 4.79 Å². The third kappa shape index (κ3) is 3.80. The number of amides is 1. The van der Waals surface area contributed by atoms with E-state index in [0.717, 1.165) is 36.7 Å². The van der Waals surface area contributed by atoms with Crippen molar-refractivity contribution in [1.82, 2.24) is 14.8 Å².